The molecule has 20 heavy (non-hydrogen) atoms. The second kappa shape index (κ2) is 6.57. The van der Waals surface area contributed by atoms with Gasteiger partial charge in [-0.2, -0.15) is 0 Å². The highest BCUT2D eigenvalue weighted by atomic mass is 79.9. The number of hydrogen-bond acceptors (Lipinski definition) is 2. The van der Waals surface area contributed by atoms with E-state index < -0.39 is 6.10 Å². The van der Waals surface area contributed by atoms with E-state index in [-0.39, 0.29) is 12.4 Å². The topological polar surface area (TPSA) is 29.5 Å². The molecule has 5 heteroatoms. The predicted molar refractivity (Wildman–Crippen MR) is 80.5 cm³/mol. The molecule has 0 heterocycles. The molecule has 2 rings (SSSR count). The highest BCUT2D eigenvalue weighted by Crippen LogP contribution is 2.29. The Morgan fingerprint density at radius 1 is 1.30 bits per heavy atom. The molecule has 2 aromatic rings. The summed E-state index contributed by atoms with van der Waals surface area (Å²) in [6.07, 6.45) is -0.647. The molecule has 0 saturated heterocycles. The van der Waals surface area contributed by atoms with Crippen molar-refractivity contribution in [2.75, 3.05) is 0 Å². The van der Waals surface area contributed by atoms with E-state index >= 15 is 0 Å². The summed E-state index contributed by atoms with van der Waals surface area (Å²) in [7, 11) is 0. The summed E-state index contributed by atoms with van der Waals surface area (Å²) in [5, 5.41) is 10.1. The molecule has 2 aromatic carbocycles. The molecular weight excluding hydrogens is 347 g/mol. The van der Waals surface area contributed by atoms with Gasteiger partial charge in [-0.25, -0.2) is 4.39 Å². The minimum Gasteiger partial charge on any atom is -0.488 e. The van der Waals surface area contributed by atoms with E-state index in [0.29, 0.717) is 21.9 Å². The van der Waals surface area contributed by atoms with Crippen molar-refractivity contribution in [2.45, 2.75) is 19.6 Å². The lowest BCUT2D eigenvalue weighted by Crippen LogP contribution is -2.01. The Labute approximate surface area is 130 Å². The third kappa shape index (κ3) is 3.72. The average Bonchev–Trinajstić information content (AvgIpc) is 2.38. The van der Waals surface area contributed by atoms with Gasteiger partial charge in [-0.05, 0) is 37.3 Å². The molecule has 0 unspecified atom stereocenters. The van der Waals surface area contributed by atoms with Crippen molar-refractivity contribution in [1.29, 1.82) is 0 Å². The number of hydrogen-bond donors (Lipinski definition) is 1. The zero-order chi connectivity index (χ0) is 14.7. The van der Waals surface area contributed by atoms with Gasteiger partial charge in [0, 0.05) is 15.6 Å². The summed E-state index contributed by atoms with van der Waals surface area (Å²) >= 11 is 9.30. The Balaban J connectivity index is 2.18. The molecule has 0 fully saturated rings. The quantitative estimate of drug-likeness (QED) is 0.843. The van der Waals surface area contributed by atoms with Crippen LogP contribution < -0.4 is 4.74 Å². The van der Waals surface area contributed by atoms with E-state index in [1.54, 1.807) is 25.1 Å². The first-order chi connectivity index (χ1) is 9.47. The molecule has 0 aliphatic carbocycles. The summed E-state index contributed by atoms with van der Waals surface area (Å²) in [6.45, 7) is 1.87. The lowest BCUT2D eigenvalue weighted by atomic mass is 10.1. The normalized spacial score (nSPS) is 12.2. The summed E-state index contributed by atoms with van der Waals surface area (Å²) < 4.78 is 19.5. The second-order valence-electron chi connectivity index (χ2n) is 4.38. The number of aliphatic hydroxyl groups is 1. The van der Waals surface area contributed by atoms with Gasteiger partial charge in [0.25, 0.3) is 0 Å². The van der Waals surface area contributed by atoms with Crippen LogP contribution in [0.15, 0.2) is 40.9 Å². The molecule has 1 N–H and O–H groups in total. The van der Waals surface area contributed by atoms with Crippen LogP contribution in [0, 0.1) is 5.82 Å². The Kier molecular flexibility index (Phi) is 5.02. The van der Waals surface area contributed by atoms with Crippen molar-refractivity contribution in [3.63, 3.8) is 0 Å². The lowest BCUT2D eigenvalue weighted by Gasteiger charge is -2.14. The van der Waals surface area contributed by atoms with Gasteiger partial charge in [-0.3, -0.25) is 0 Å². The second-order valence-corrected chi connectivity index (χ2v) is 5.71. The molecule has 2 nitrogen and oxygen atoms in total. The van der Waals surface area contributed by atoms with Crippen molar-refractivity contribution in [3.8, 4) is 5.75 Å². The van der Waals surface area contributed by atoms with Crippen LogP contribution in [0.2, 0.25) is 5.02 Å². The van der Waals surface area contributed by atoms with Crippen LogP contribution in [-0.2, 0) is 6.61 Å². The summed E-state index contributed by atoms with van der Waals surface area (Å²) in [4.78, 5) is 0. The van der Waals surface area contributed by atoms with Crippen LogP contribution in [0.1, 0.15) is 24.2 Å². The van der Waals surface area contributed by atoms with Gasteiger partial charge in [-0.1, -0.05) is 33.6 Å². The fraction of sp³-hybridized carbons (Fsp3) is 0.200. The van der Waals surface area contributed by atoms with E-state index in [9.17, 15) is 9.50 Å². The van der Waals surface area contributed by atoms with Gasteiger partial charge < -0.3 is 9.84 Å². The zero-order valence-electron chi connectivity index (χ0n) is 10.7. The van der Waals surface area contributed by atoms with E-state index in [0.717, 1.165) is 4.47 Å². The van der Waals surface area contributed by atoms with Gasteiger partial charge in [-0.15, -0.1) is 0 Å². The fourth-order valence-electron chi connectivity index (χ4n) is 1.77. The van der Waals surface area contributed by atoms with Gasteiger partial charge in [0.1, 0.15) is 18.2 Å². The summed E-state index contributed by atoms with van der Waals surface area (Å²) in [5.41, 5.74) is 1.37. The maximum atomic E-state index is 13.0. The number of ether oxygens (including phenoxy) is 1. The molecule has 0 aliphatic heterocycles. The molecule has 106 valence electrons. The number of benzene rings is 2. The van der Waals surface area contributed by atoms with E-state index in [4.69, 9.17) is 16.3 Å². The van der Waals surface area contributed by atoms with Gasteiger partial charge in [0.15, 0.2) is 0 Å². The van der Waals surface area contributed by atoms with Gasteiger partial charge >= 0.3 is 0 Å². The van der Waals surface area contributed by atoms with Crippen LogP contribution in [0.4, 0.5) is 4.39 Å². The van der Waals surface area contributed by atoms with E-state index in [1.807, 2.05) is 6.07 Å². The largest absolute Gasteiger partial charge is 0.488 e. The standard InChI is InChI=1S/C15H13BrClFO2/c1-9(19)13-6-11(16)3-5-15(13)20-8-10-2-4-12(18)7-14(10)17/h2-7,9,19H,8H2,1H3/t9-/m1/s1. The van der Waals surface area contributed by atoms with Crippen molar-refractivity contribution in [1.82, 2.24) is 0 Å². The van der Waals surface area contributed by atoms with E-state index in [2.05, 4.69) is 15.9 Å². The number of halogens is 3. The van der Waals surface area contributed by atoms with Crippen LogP contribution >= 0.6 is 27.5 Å². The molecule has 0 amide bonds. The third-order valence-electron chi connectivity index (χ3n) is 2.82. The molecule has 0 spiro atoms. The molecule has 0 bridgehead atoms. The highest BCUT2D eigenvalue weighted by Gasteiger charge is 2.11. The van der Waals surface area contributed by atoms with E-state index in [1.165, 1.54) is 12.1 Å². The maximum absolute atomic E-state index is 13.0. The first kappa shape index (κ1) is 15.3. The maximum Gasteiger partial charge on any atom is 0.125 e. The molecule has 0 aromatic heterocycles. The monoisotopic (exact) mass is 358 g/mol. The van der Waals surface area contributed by atoms with Crippen molar-refractivity contribution >= 4 is 27.5 Å². The van der Waals surface area contributed by atoms with Crippen LogP contribution in [0.3, 0.4) is 0 Å². The first-order valence-corrected chi connectivity index (χ1v) is 7.18. The smallest absolute Gasteiger partial charge is 0.125 e. The third-order valence-corrected chi connectivity index (χ3v) is 3.67. The minimum atomic E-state index is -0.647. The van der Waals surface area contributed by atoms with Crippen LogP contribution in [0.5, 0.6) is 5.75 Å². The molecule has 1 atom stereocenters. The predicted octanol–water partition coefficient (Wildman–Crippen LogP) is 4.87. The van der Waals surface area contributed by atoms with Crippen molar-refractivity contribution < 1.29 is 14.2 Å². The molecular formula is C15H13BrClFO2. The lowest BCUT2D eigenvalue weighted by molar-refractivity contribution is 0.190. The SMILES string of the molecule is C[C@@H](O)c1cc(Br)ccc1OCc1ccc(F)cc1Cl. The Morgan fingerprint density at radius 2 is 2.05 bits per heavy atom. The van der Waals surface area contributed by atoms with Crippen molar-refractivity contribution in [2.24, 2.45) is 0 Å². The van der Waals surface area contributed by atoms with Gasteiger partial charge in [0.05, 0.1) is 11.1 Å². The number of rotatable bonds is 4. The summed E-state index contributed by atoms with van der Waals surface area (Å²) in [6, 6.07) is 9.56. The fourth-order valence-corrected chi connectivity index (χ4v) is 2.37. The number of aliphatic hydroxyl groups excluding tert-OH is 1. The minimum absolute atomic E-state index is 0.209. The molecule has 0 radical (unpaired) electrons. The van der Waals surface area contributed by atoms with Crippen molar-refractivity contribution in [3.05, 3.63) is 62.8 Å². The molecule has 0 aliphatic rings. The first-order valence-electron chi connectivity index (χ1n) is 6.01. The summed E-state index contributed by atoms with van der Waals surface area (Å²) in [5.74, 6) is 0.190. The van der Waals surface area contributed by atoms with Gasteiger partial charge in [0.2, 0.25) is 0 Å². The highest BCUT2D eigenvalue weighted by molar-refractivity contribution is 9.10. The zero-order valence-corrected chi connectivity index (χ0v) is 13.1. The van der Waals surface area contributed by atoms with Crippen LogP contribution in [0.25, 0.3) is 0 Å². The Bertz CT molecular complexity index is 617. The Morgan fingerprint density at radius 3 is 2.70 bits per heavy atom. The van der Waals surface area contributed by atoms with Crippen LogP contribution in [-0.4, -0.2) is 5.11 Å². The Hall–Kier alpha value is -1.10. The molecule has 0 saturated carbocycles. The average molecular weight is 360 g/mol.